The van der Waals surface area contributed by atoms with Crippen molar-refractivity contribution in [3.63, 3.8) is 0 Å². The highest BCUT2D eigenvalue weighted by Crippen LogP contribution is 2.38. The maximum absolute atomic E-state index is 5.96. The van der Waals surface area contributed by atoms with E-state index in [4.69, 9.17) is 10.5 Å². The number of para-hydroxylation sites is 1. The molecule has 0 aromatic heterocycles. The second-order valence-electron chi connectivity index (χ2n) is 4.84. The van der Waals surface area contributed by atoms with Gasteiger partial charge in [-0.15, -0.1) is 0 Å². The lowest BCUT2D eigenvalue weighted by Crippen LogP contribution is -2.24. The summed E-state index contributed by atoms with van der Waals surface area (Å²) in [5.41, 5.74) is 10.6. The van der Waals surface area contributed by atoms with Crippen molar-refractivity contribution in [2.24, 2.45) is 5.73 Å². The molecule has 1 aliphatic heterocycles. The quantitative estimate of drug-likeness (QED) is 0.874. The van der Waals surface area contributed by atoms with Crippen LogP contribution in [-0.4, -0.2) is 12.6 Å². The summed E-state index contributed by atoms with van der Waals surface area (Å²) in [4.78, 5) is 0. The molecule has 0 unspecified atom stereocenters. The Morgan fingerprint density at radius 1 is 1.22 bits per heavy atom. The molecule has 0 spiro atoms. The average Bonchev–Trinajstić information content (AvgIpc) is 2.81. The highest BCUT2D eigenvalue weighted by Gasteiger charge is 2.24. The molecule has 1 aliphatic rings. The molecule has 2 heteroatoms. The monoisotopic (exact) mass is 239 g/mol. The van der Waals surface area contributed by atoms with Gasteiger partial charge in [0.05, 0.1) is 0 Å². The molecule has 1 heterocycles. The van der Waals surface area contributed by atoms with Crippen LogP contribution < -0.4 is 10.5 Å². The molecule has 1 atom stereocenters. The Kier molecular flexibility index (Phi) is 2.80. The molecule has 2 N–H and O–H groups in total. The Hall–Kier alpha value is -1.80. The van der Waals surface area contributed by atoms with Gasteiger partial charge in [0.1, 0.15) is 11.9 Å². The van der Waals surface area contributed by atoms with Gasteiger partial charge in [0.15, 0.2) is 0 Å². The molecule has 2 aromatic carbocycles. The van der Waals surface area contributed by atoms with Gasteiger partial charge in [-0.2, -0.15) is 0 Å². The molecule has 0 bridgehead atoms. The summed E-state index contributed by atoms with van der Waals surface area (Å²) in [6, 6.07) is 14.8. The van der Waals surface area contributed by atoms with Crippen molar-refractivity contribution in [3.05, 3.63) is 53.6 Å². The number of hydrogen-bond donors (Lipinski definition) is 1. The van der Waals surface area contributed by atoms with Gasteiger partial charge in [-0.05, 0) is 18.1 Å². The van der Waals surface area contributed by atoms with Gasteiger partial charge in [-0.1, -0.05) is 48.0 Å². The summed E-state index contributed by atoms with van der Waals surface area (Å²) < 4.78 is 5.96. The number of aryl methyl sites for hydroxylation is 1. The third kappa shape index (κ3) is 1.89. The Morgan fingerprint density at radius 2 is 2.06 bits per heavy atom. The first-order chi connectivity index (χ1) is 8.78. The molecule has 3 rings (SSSR count). The van der Waals surface area contributed by atoms with Crippen LogP contribution in [0.4, 0.5) is 0 Å². The minimum absolute atomic E-state index is 0.131. The van der Waals surface area contributed by atoms with Crippen LogP contribution >= 0.6 is 0 Å². The predicted molar refractivity (Wildman–Crippen MR) is 73.8 cm³/mol. The first-order valence-corrected chi connectivity index (χ1v) is 6.33. The van der Waals surface area contributed by atoms with E-state index in [1.165, 1.54) is 22.3 Å². The number of hydrogen-bond acceptors (Lipinski definition) is 2. The summed E-state index contributed by atoms with van der Waals surface area (Å²) in [5, 5.41) is 0. The van der Waals surface area contributed by atoms with Crippen LogP contribution in [0.5, 0.6) is 5.75 Å². The maximum Gasteiger partial charge on any atom is 0.130 e. The van der Waals surface area contributed by atoms with Gasteiger partial charge in [-0.25, -0.2) is 0 Å². The topological polar surface area (TPSA) is 35.2 Å². The van der Waals surface area contributed by atoms with Crippen LogP contribution in [0.2, 0.25) is 0 Å². The van der Waals surface area contributed by atoms with Crippen molar-refractivity contribution < 1.29 is 4.74 Å². The molecule has 92 valence electrons. The van der Waals surface area contributed by atoms with Crippen LogP contribution in [0.15, 0.2) is 42.5 Å². The Labute approximate surface area is 107 Å². The maximum atomic E-state index is 5.96. The second-order valence-corrected chi connectivity index (χ2v) is 4.84. The van der Waals surface area contributed by atoms with Crippen LogP contribution in [-0.2, 0) is 6.42 Å². The Morgan fingerprint density at radius 3 is 2.83 bits per heavy atom. The SMILES string of the molecule is Cc1cccc(-c2cccc3c2O[C@@H](CN)C3)c1. The number of ether oxygens (including phenoxy) is 1. The zero-order valence-corrected chi connectivity index (χ0v) is 10.5. The second kappa shape index (κ2) is 4.46. The van der Waals surface area contributed by atoms with E-state index in [1.807, 2.05) is 0 Å². The molecule has 0 aliphatic carbocycles. The molecule has 0 radical (unpaired) electrons. The molecule has 0 saturated carbocycles. The normalized spacial score (nSPS) is 17.3. The largest absolute Gasteiger partial charge is 0.488 e. The van der Waals surface area contributed by atoms with Crippen molar-refractivity contribution in [1.29, 1.82) is 0 Å². The molecule has 0 fully saturated rings. The van der Waals surface area contributed by atoms with Crippen LogP contribution in [0, 0.1) is 6.92 Å². The van der Waals surface area contributed by atoms with Crippen molar-refractivity contribution in [2.75, 3.05) is 6.54 Å². The summed E-state index contributed by atoms with van der Waals surface area (Å²) in [7, 11) is 0. The fourth-order valence-corrected chi connectivity index (χ4v) is 2.51. The van der Waals surface area contributed by atoms with Gasteiger partial charge in [-0.3, -0.25) is 0 Å². The van der Waals surface area contributed by atoms with Gasteiger partial charge in [0, 0.05) is 18.5 Å². The summed E-state index contributed by atoms with van der Waals surface area (Å²) in [6.07, 6.45) is 1.05. The fraction of sp³-hybridized carbons (Fsp3) is 0.250. The zero-order valence-electron chi connectivity index (χ0n) is 10.5. The highest BCUT2D eigenvalue weighted by molar-refractivity contribution is 5.73. The van der Waals surface area contributed by atoms with Gasteiger partial charge >= 0.3 is 0 Å². The van der Waals surface area contributed by atoms with E-state index in [1.54, 1.807) is 0 Å². The van der Waals surface area contributed by atoms with E-state index >= 15 is 0 Å². The van der Waals surface area contributed by atoms with Gasteiger partial charge < -0.3 is 10.5 Å². The molecule has 0 saturated heterocycles. The third-order valence-corrected chi connectivity index (χ3v) is 3.42. The molecular formula is C16H17NO. The van der Waals surface area contributed by atoms with E-state index < -0.39 is 0 Å². The van der Waals surface area contributed by atoms with E-state index in [2.05, 4.69) is 49.4 Å². The lowest BCUT2D eigenvalue weighted by Gasteiger charge is -2.11. The average molecular weight is 239 g/mol. The van der Waals surface area contributed by atoms with Gasteiger partial charge in [0.25, 0.3) is 0 Å². The highest BCUT2D eigenvalue weighted by atomic mass is 16.5. The van der Waals surface area contributed by atoms with Crippen molar-refractivity contribution in [2.45, 2.75) is 19.4 Å². The number of fused-ring (bicyclic) bond motifs is 1. The lowest BCUT2D eigenvalue weighted by molar-refractivity contribution is 0.242. The van der Waals surface area contributed by atoms with E-state index in [0.29, 0.717) is 6.54 Å². The molecule has 2 aromatic rings. The Bertz CT molecular complexity index is 577. The van der Waals surface area contributed by atoms with Crippen molar-refractivity contribution in [3.8, 4) is 16.9 Å². The third-order valence-electron chi connectivity index (χ3n) is 3.42. The lowest BCUT2D eigenvalue weighted by atomic mass is 9.99. The van der Waals surface area contributed by atoms with Crippen LogP contribution in [0.1, 0.15) is 11.1 Å². The first kappa shape index (κ1) is 11.3. The van der Waals surface area contributed by atoms with Gasteiger partial charge in [0.2, 0.25) is 0 Å². The van der Waals surface area contributed by atoms with E-state index in [0.717, 1.165) is 12.2 Å². The number of benzene rings is 2. The van der Waals surface area contributed by atoms with Crippen LogP contribution in [0.25, 0.3) is 11.1 Å². The number of nitrogens with two attached hydrogens (primary N) is 1. The predicted octanol–water partition coefficient (Wildman–Crippen LogP) is 2.92. The molecule has 18 heavy (non-hydrogen) atoms. The fourth-order valence-electron chi connectivity index (χ4n) is 2.51. The van der Waals surface area contributed by atoms with Crippen molar-refractivity contribution >= 4 is 0 Å². The van der Waals surface area contributed by atoms with E-state index in [-0.39, 0.29) is 6.10 Å². The summed E-state index contributed by atoms with van der Waals surface area (Å²) in [5.74, 6) is 1.01. The Balaban J connectivity index is 2.08. The first-order valence-electron chi connectivity index (χ1n) is 6.33. The molecular weight excluding hydrogens is 222 g/mol. The smallest absolute Gasteiger partial charge is 0.130 e. The minimum atomic E-state index is 0.131. The minimum Gasteiger partial charge on any atom is -0.488 e. The van der Waals surface area contributed by atoms with Crippen molar-refractivity contribution in [1.82, 2.24) is 0 Å². The standard InChI is InChI=1S/C16H17NO/c1-11-4-2-5-12(8-11)15-7-3-6-13-9-14(10-17)18-16(13)15/h2-8,14H,9-10,17H2,1H3/t14-/m1/s1. The van der Waals surface area contributed by atoms with E-state index in [9.17, 15) is 0 Å². The molecule has 2 nitrogen and oxygen atoms in total. The van der Waals surface area contributed by atoms with Crippen LogP contribution in [0.3, 0.4) is 0 Å². The molecule has 0 amide bonds. The number of rotatable bonds is 2. The summed E-state index contributed by atoms with van der Waals surface area (Å²) >= 11 is 0. The summed E-state index contributed by atoms with van der Waals surface area (Å²) in [6.45, 7) is 2.68. The zero-order chi connectivity index (χ0) is 12.5.